The first-order valence-electron chi connectivity index (χ1n) is 8.60. The third-order valence-corrected chi connectivity index (χ3v) is 5.36. The molecule has 1 N–H and O–H groups in total. The normalized spacial score (nSPS) is 16.2. The summed E-state index contributed by atoms with van der Waals surface area (Å²) >= 11 is 1.68. The van der Waals surface area contributed by atoms with Crippen LogP contribution < -0.4 is 5.32 Å². The number of hydrogen-bond donors (Lipinski definition) is 1. The molecule has 3 heterocycles. The fourth-order valence-corrected chi connectivity index (χ4v) is 3.88. The Morgan fingerprint density at radius 3 is 2.83 bits per heavy atom. The van der Waals surface area contributed by atoms with Crippen molar-refractivity contribution in [2.45, 2.75) is 32.4 Å². The van der Waals surface area contributed by atoms with Gasteiger partial charge in [0.2, 0.25) is 0 Å². The van der Waals surface area contributed by atoms with Crippen molar-refractivity contribution < 1.29 is 9.21 Å². The standard InChI is InChI=1S/C18H25N3O2S/c1-2-20(14-15-7-6-12-24-15)18(22)19-13-16(17-8-5-11-23-17)21-9-3-4-10-21/h5-8,11-12,16H,2-4,9-10,13-14H2,1H3,(H,19,22)/t16-/m0/s1. The van der Waals surface area contributed by atoms with E-state index in [1.165, 1.54) is 17.7 Å². The van der Waals surface area contributed by atoms with Gasteiger partial charge in [-0.25, -0.2) is 4.79 Å². The number of likely N-dealkylation sites (tertiary alicyclic amines) is 1. The molecule has 1 aliphatic rings. The van der Waals surface area contributed by atoms with E-state index in [-0.39, 0.29) is 12.1 Å². The van der Waals surface area contributed by atoms with Gasteiger partial charge < -0.3 is 14.6 Å². The smallest absolute Gasteiger partial charge is 0.317 e. The molecule has 5 nitrogen and oxygen atoms in total. The van der Waals surface area contributed by atoms with Crippen LogP contribution in [0.5, 0.6) is 0 Å². The van der Waals surface area contributed by atoms with Gasteiger partial charge in [-0.2, -0.15) is 0 Å². The summed E-state index contributed by atoms with van der Waals surface area (Å²) < 4.78 is 5.61. The SMILES string of the molecule is CCN(Cc1cccs1)C(=O)NC[C@@H](c1ccco1)N1CCCC1. The quantitative estimate of drug-likeness (QED) is 0.831. The highest BCUT2D eigenvalue weighted by Gasteiger charge is 2.26. The number of amides is 2. The number of carbonyl (C=O) groups is 1. The van der Waals surface area contributed by atoms with Gasteiger partial charge >= 0.3 is 6.03 Å². The van der Waals surface area contributed by atoms with E-state index in [9.17, 15) is 4.79 Å². The summed E-state index contributed by atoms with van der Waals surface area (Å²) in [5, 5.41) is 5.14. The van der Waals surface area contributed by atoms with Crippen LogP contribution in [-0.2, 0) is 6.54 Å². The maximum absolute atomic E-state index is 12.6. The molecule has 0 spiro atoms. The van der Waals surface area contributed by atoms with Crippen molar-refractivity contribution in [3.63, 3.8) is 0 Å². The van der Waals surface area contributed by atoms with E-state index >= 15 is 0 Å². The molecule has 0 saturated carbocycles. The second kappa shape index (κ2) is 8.35. The largest absolute Gasteiger partial charge is 0.468 e. The third-order valence-electron chi connectivity index (χ3n) is 4.50. The van der Waals surface area contributed by atoms with Crippen LogP contribution in [0.1, 0.15) is 36.4 Å². The van der Waals surface area contributed by atoms with E-state index in [2.05, 4.69) is 16.3 Å². The number of thiophene rings is 1. The number of hydrogen-bond acceptors (Lipinski definition) is 4. The molecule has 0 radical (unpaired) electrons. The molecule has 1 fully saturated rings. The summed E-state index contributed by atoms with van der Waals surface area (Å²) in [7, 11) is 0. The first kappa shape index (κ1) is 17.0. The summed E-state index contributed by atoms with van der Waals surface area (Å²) in [6.45, 7) is 6.07. The molecule has 3 rings (SSSR count). The highest BCUT2D eigenvalue weighted by atomic mass is 32.1. The number of furan rings is 1. The molecule has 0 aliphatic carbocycles. The lowest BCUT2D eigenvalue weighted by Gasteiger charge is -2.28. The van der Waals surface area contributed by atoms with E-state index in [0.29, 0.717) is 19.6 Å². The molecule has 6 heteroatoms. The topological polar surface area (TPSA) is 48.7 Å². The Morgan fingerprint density at radius 1 is 1.38 bits per heavy atom. The lowest BCUT2D eigenvalue weighted by Crippen LogP contribution is -2.43. The highest BCUT2D eigenvalue weighted by molar-refractivity contribution is 7.09. The van der Waals surface area contributed by atoms with Gasteiger partial charge in [0.15, 0.2) is 0 Å². The molecule has 24 heavy (non-hydrogen) atoms. The Labute approximate surface area is 147 Å². The van der Waals surface area contributed by atoms with Gasteiger partial charge in [-0.05, 0) is 56.4 Å². The molecular weight excluding hydrogens is 322 g/mol. The van der Waals surface area contributed by atoms with Crippen LogP contribution in [0.15, 0.2) is 40.3 Å². The molecule has 2 aromatic rings. The van der Waals surface area contributed by atoms with Crippen molar-refractivity contribution in [2.24, 2.45) is 0 Å². The molecule has 1 atom stereocenters. The second-order valence-electron chi connectivity index (χ2n) is 6.05. The van der Waals surface area contributed by atoms with Gasteiger partial charge in [0.1, 0.15) is 5.76 Å². The van der Waals surface area contributed by atoms with E-state index in [1.54, 1.807) is 17.6 Å². The van der Waals surface area contributed by atoms with Crippen LogP contribution in [0.3, 0.4) is 0 Å². The van der Waals surface area contributed by atoms with E-state index < -0.39 is 0 Å². The van der Waals surface area contributed by atoms with Gasteiger partial charge in [-0.3, -0.25) is 4.90 Å². The summed E-state index contributed by atoms with van der Waals surface area (Å²) in [4.78, 5) is 18.0. The van der Waals surface area contributed by atoms with E-state index in [4.69, 9.17) is 4.42 Å². The lowest BCUT2D eigenvalue weighted by atomic mass is 10.2. The Bertz CT molecular complexity index is 606. The number of carbonyl (C=O) groups excluding carboxylic acids is 1. The Morgan fingerprint density at radius 2 is 2.21 bits per heavy atom. The average molecular weight is 347 g/mol. The Hall–Kier alpha value is -1.79. The number of rotatable bonds is 7. The number of nitrogens with zero attached hydrogens (tertiary/aromatic N) is 2. The maximum atomic E-state index is 12.6. The summed E-state index contributed by atoms with van der Waals surface area (Å²) in [6, 6.07) is 8.10. The molecule has 2 aromatic heterocycles. The predicted molar refractivity (Wildman–Crippen MR) is 96.1 cm³/mol. The van der Waals surface area contributed by atoms with Gasteiger partial charge in [0.25, 0.3) is 0 Å². The third kappa shape index (κ3) is 4.19. The molecule has 0 bridgehead atoms. The highest BCUT2D eigenvalue weighted by Crippen LogP contribution is 2.25. The van der Waals surface area contributed by atoms with Crippen LogP contribution in [-0.4, -0.2) is 42.0 Å². The van der Waals surface area contributed by atoms with Gasteiger partial charge in [0.05, 0.1) is 18.8 Å². The van der Waals surface area contributed by atoms with Crippen molar-refractivity contribution in [1.82, 2.24) is 15.1 Å². The van der Waals surface area contributed by atoms with E-state index in [1.807, 2.05) is 35.4 Å². The molecule has 0 unspecified atom stereocenters. The molecule has 1 aliphatic heterocycles. The zero-order chi connectivity index (χ0) is 16.8. The molecular formula is C18H25N3O2S. The summed E-state index contributed by atoms with van der Waals surface area (Å²) in [5.41, 5.74) is 0. The molecule has 130 valence electrons. The predicted octanol–water partition coefficient (Wildman–Crippen LogP) is 3.71. The average Bonchev–Trinajstić information content (AvgIpc) is 3.34. The molecule has 0 aromatic carbocycles. The fraction of sp³-hybridized carbons (Fsp3) is 0.500. The van der Waals surface area contributed by atoms with Gasteiger partial charge in [-0.15, -0.1) is 11.3 Å². The summed E-state index contributed by atoms with van der Waals surface area (Å²) in [5.74, 6) is 0.929. The monoisotopic (exact) mass is 347 g/mol. The van der Waals surface area contributed by atoms with Crippen molar-refractivity contribution in [1.29, 1.82) is 0 Å². The first-order chi connectivity index (χ1) is 11.8. The Balaban J connectivity index is 1.59. The second-order valence-corrected chi connectivity index (χ2v) is 7.09. The minimum absolute atomic E-state index is 0.0124. The lowest BCUT2D eigenvalue weighted by molar-refractivity contribution is 0.181. The van der Waals surface area contributed by atoms with Crippen LogP contribution in [0.2, 0.25) is 0 Å². The minimum atomic E-state index is -0.0124. The zero-order valence-corrected chi connectivity index (χ0v) is 14.9. The van der Waals surface area contributed by atoms with Crippen LogP contribution in [0.4, 0.5) is 4.79 Å². The molecule has 1 saturated heterocycles. The van der Waals surface area contributed by atoms with Crippen molar-refractivity contribution in [3.05, 3.63) is 46.5 Å². The maximum Gasteiger partial charge on any atom is 0.317 e. The van der Waals surface area contributed by atoms with Crippen LogP contribution >= 0.6 is 11.3 Å². The van der Waals surface area contributed by atoms with Gasteiger partial charge in [0, 0.05) is 18.0 Å². The van der Waals surface area contributed by atoms with Crippen molar-refractivity contribution >= 4 is 17.4 Å². The molecule has 2 amide bonds. The first-order valence-corrected chi connectivity index (χ1v) is 9.48. The van der Waals surface area contributed by atoms with Crippen molar-refractivity contribution in [2.75, 3.05) is 26.2 Å². The van der Waals surface area contributed by atoms with Crippen LogP contribution in [0.25, 0.3) is 0 Å². The van der Waals surface area contributed by atoms with Crippen molar-refractivity contribution in [3.8, 4) is 0 Å². The fourth-order valence-electron chi connectivity index (χ4n) is 3.16. The summed E-state index contributed by atoms with van der Waals surface area (Å²) in [6.07, 6.45) is 4.13. The Kier molecular flexibility index (Phi) is 5.93. The van der Waals surface area contributed by atoms with Gasteiger partial charge in [-0.1, -0.05) is 6.07 Å². The number of urea groups is 1. The van der Waals surface area contributed by atoms with Crippen LogP contribution in [0, 0.1) is 0 Å². The minimum Gasteiger partial charge on any atom is -0.468 e. The van der Waals surface area contributed by atoms with E-state index in [0.717, 1.165) is 18.8 Å². The number of nitrogens with one attached hydrogen (secondary N) is 1. The zero-order valence-electron chi connectivity index (χ0n) is 14.1.